The van der Waals surface area contributed by atoms with Crippen LogP contribution in [0.1, 0.15) is 5.56 Å². The highest BCUT2D eigenvalue weighted by Gasteiger charge is 2.27. The SMILES string of the molecule is CN[C@H]1Cc2cc(F)cc(-c3c(Cl)cccc3Cl)c2O1. The lowest BCUT2D eigenvalue weighted by Gasteiger charge is -2.13. The number of likely N-dealkylation sites (N-methyl/N-ethyl adjacent to an activating group) is 1. The van der Waals surface area contributed by atoms with Gasteiger partial charge in [-0.1, -0.05) is 29.3 Å². The molecule has 1 N–H and O–H groups in total. The monoisotopic (exact) mass is 311 g/mol. The lowest BCUT2D eigenvalue weighted by atomic mass is 10.0. The van der Waals surface area contributed by atoms with Crippen LogP contribution in [0.3, 0.4) is 0 Å². The van der Waals surface area contributed by atoms with E-state index in [-0.39, 0.29) is 12.0 Å². The predicted molar refractivity (Wildman–Crippen MR) is 79.0 cm³/mol. The van der Waals surface area contributed by atoms with Crippen LogP contribution in [0.5, 0.6) is 5.75 Å². The minimum atomic E-state index is -0.324. The topological polar surface area (TPSA) is 21.3 Å². The third-order valence-electron chi connectivity index (χ3n) is 3.35. The van der Waals surface area contributed by atoms with E-state index in [1.165, 1.54) is 12.1 Å². The number of fused-ring (bicyclic) bond motifs is 1. The number of ether oxygens (including phenoxy) is 1. The molecule has 3 rings (SSSR count). The Labute approximate surface area is 126 Å². The van der Waals surface area contributed by atoms with E-state index in [0.29, 0.717) is 33.3 Å². The molecule has 1 atom stereocenters. The van der Waals surface area contributed by atoms with Crippen molar-refractivity contribution in [1.82, 2.24) is 5.32 Å². The fourth-order valence-corrected chi connectivity index (χ4v) is 3.03. The van der Waals surface area contributed by atoms with Gasteiger partial charge in [-0.15, -0.1) is 0 Å². The summed E-state index contributed by atoms with van der Waals surface area (Å²) in [5.41, 5.74) is 2.01. The second-order valence-corrected chi connectivity index (χ2v) is 5.45. The number of halogens is 3. The molecule has 5 heteroatoms. The molecule has 0 unspecified atom stereocenters. The number of hydrogen-bond acceptors (Lipinski definition) is 2. The van der Waals surface area contributed by atoms with Crippen molar-refractivity contribution in [3.8, 4) is 16.9 Å². The molecule has 1 aliphatic rings. The van der Waals surface area contributed by atoms with Gasteiger partial charge in [0.15, 0.2) is 6.23 Å². The second kappa shape index (κ2) is 5.24. The van der Waals surface area contributed by atoms with E-state index in [1.54, 1.807) is 25.2 Å². The standard InChI is InChI=1S/C15H12Cl2FNO/c1-19-13-6-8-5-9(18)7-10(15(8)20-13)14-11(16)3-2-4-12(14)17/h2-5,7,13,19H,6H2,1H3/t13-/m1/s1. The van der Waals surface area contributed by atoms with Crippen LogP contribution in [0.15, 0.2) is 30.3 Å². The second-order valence-electron chi connectivity index (χ2n) is 4.64. The Bertz CT molecular complexity index is 655. The summed E-state index contributed by atoms with van der Waals surface area (Å²) in [6.07, 6.45) is 0.449. The first kappa shape index (κ1) is 13.7. The summed E-state index contributed by atoms with van der Waals surface area (Å²) in [6.45, 7) is 0. The van der Waals surface area contributed by atoms with Gasteiger partial charge in [-0.2, -0.15) is 0 Å². The molecule has 0 spiro atoms. The summed E-state index contributed by atoms with van der Waals surface area (Å²) in [7, 11) is 1.80. The van der Waals surface area contributed by atoms with E-state index in [1.807, 2.05) is 0 Å². The Kier molecular flexibility index (Phi) is 3.59. The minimum Gasteiger partial charge on any atom is -0.474 e. The molecule has 0 radical (unpaired) electrons. The van der Waals surface area contributed by atoms with Gasteiger partial charge in [0.2, 0.25) is 0 Å². The first-order valence-corrected chi connectivity index (χ1v) is 6.96. The van der Waals surface area contributed by atoms with Crippen LogP contribution < -0.4 is 10.1 Å². The highest BCUT2D eigenvalue weighted by molar-refractivity contribution is 6.39. The van der Waals surface area contributed by atoms with Gasteiger partial charge in [0.1, 0.15) is 11.6 Å². The van der Waals surface area contributed by atoms with Crippen LogP contribution in [-0.2, 0) is 6.42 Å². The average Bonchev–Trinajstić information content (AvgIpc) is 2.81. The summed E-state index contributed by atoms with van der Waals surface area (Å²) in [5, 5.41) is 3.98. The minimum absolute atomic E-state index is 0.160. The van der Waals surface area contributed by atoms with E-state index in [2.05, 4.69) is 5.32 Å². The summed E-state index contributed by atoms with van der Waals surface area (Å²) in [5.74, 6) is 0.316. The molecule has 104 valence electrons. The third kappa shape index (κ3) is 2.26. The van der Waals surface area contributed by atoms with Crippen molar-refractivity contribution in [2.45, 2.75) is 12.6 Å². The fourth-order valence-electron chi connectivity index (χ4n) is 2.43. The van der Waals surface area contributed by atoms with Crippen molar-refractivity contribution < 1.29 is 9.13 Å². The van der Waals surface area contributed by atoms with Crippen LogP contribution in [0, 0.1) is 5.82 Å². The summed E-state index contributed by atoms with van der Waals surface area (Å²) >= 11 is 12.4. The van der Waals surface area contributed by atoms with Gasteiger partial charge in [0.05, 0.1) is 10.0 Å². The predicted octanol–water partition coefficient (Wildman–Crippen LogP) is 4.28. The summed E-state index contributed by atoms with van der Waals surface area (Å²) in [6, 6.07) is 8.10. The van der Waals surface area contributed by atoms with Gasteiger partial charge < -0.3 is 4.74 Å². The highest BCUT2D eigenvalue weighted by Crippen LogP contribution is 2.44. The van der Waals surface area contributed by atoms with Gasteiger partial charge >= 0.3 is 0 Å². The molecule has 0 aromatic heterocycles. The third-order valence-corrected chi connectivity index (χ3v) is 3.98. The summed E-state index contributed by atoms with van der Waals surface area (Å²) < 4.78 is 19.7. The number of hydrogen-bond donors (Lipinski definition) is 1. The lowest BCUT2D eigenvalue weighted by Crippen LogP contribution is -2.29. The average molecular weight is 312 g/mol. The zero-order valence-corrected chi connectivity index (χ0v) is 12.2. The Hall–Kier alpha value is -1.29. The van der Waals surface area contributed by atoms with Gasteiger partial charge in [-0.05, 0) is 31.3 Å². The number of nitrogens with one attached hydrogen (secondary N) is 1. The zero-order valence-electron chi connectivity index (χ0n) is 10.7. The molecule has 1 heterocycles. The van der Waals surface area contributed by atoms with E-state index in [9.17, 15) is 4.39 Å². The smallest absolute Gasteiger partial charge is 0.154 e. The maximum absolute atomic E-state index is 13.8. The molecule has 0 amide bonds. The van der Waals surface area contributed by atoms with Crippen molar-refractivity contribution in [3.05, 3.63) is 51.8 Å². The van der Waals surface area contributed by atoms with E-state index < -0.39 is 0 Å². The van der Waals surface area contributed by atoms with Crippen molar-refractivity contribution in [1.29, 1.82) is 0 Å². The Morgan fingerprint density at radius 2 is 1.95 bits per heavy atom. The van der Waals surface area contributed by atoms with Crippen LogP contribution in [0.4, 0.5) is 4.39 Å². The van der Waals surface area contributed by atoms with Gasteiger partial charge in [0, 0.05) is 23.1 Å². The van der Waals surface area contributed by atoms with Gasteiger partial charge in [0.25, 0.3) is 0 Å². The molecule has 20 heavy (non-hydrogen) atoms. The number of rotatable bonds is 2. The van der Waals surface area contributed by atoms with Crippen molar-refractivity contribution in [2.24, 2.45) is 0 Å². The largest absolute Gasteiger partial charge is 0.474 e. The summed E-state index contributed by atoms with van der Waals surface area (Å²) in [4.78, 5) is 0. The fraction of sp³-hybridized carbons (Fsp3) is 0.200. The van der Waals surface area contributed by atoms with Gasteiger partial charge in [-0.25, -0.2) is 4.39 Å². The van der Waals surface area contributed by atoms with Gasteiger partial charge in [-0.3, -0.25) is 5.32 Å². The Morgan fingerprint density at radius 3 is 2.60 bits per heavy atom. The van der Waals surface area contributed by atoms with Crippen LogP contribution in [-0.4, -0.2) is 13.3 Å². The molecule has 0 bridgehead atoms. The molecule has 2 nitrogen and oxygen atoms in total. The van der Waals surface area contributed by atoms with Crippen LogP contribution in [0.2, 0.25) is 10.0 Å². The number of benzene rings is 2. The van der Waals surface area contributed by atoms with E-state index in [4.69, 9.17) is 27.9 Å². The molecule has 0 fully saturated rings. The molecule has 2 aromatic rings. The van der Waals surface area contributed by atoms with Crippen LogP contribution in [0.25, 0.3) is 11.1 Å². The van der Waals surface area contributed by atoms with Crippen LogP contribution >= 0.6 is 23.2 Å². The van der Waals surface area contributed by atoms with Crippen molar-refractivity contribution >= 4 is 23.2 Å². The lowest BCUT2D eigenvalue weighted by molar-refractivity contribution is 0.204. The molecule has 0 aliphatic carbocycles. The zero-order chi connectivity index (χ0) is 14.3. The quantitative estimate of drug-likeness (QED) is 0.893. The maximum atomic E-state index is 13.8. The maximum Gasteiger partial charge on any atom is 0.154 e. The molecule has 2 aromatic carbocycles. The normalized spacial score (nSPS) is 16.9. The first-order valence-electron chi connectivity index (χ1n) is 6.21. The van der Waals surface area contributed by atoms with E-state index in [0.717, 1.165) is 5.56 Å². The molecular formula is C15H12Cl2FNO. The van der Waals surface area contributed by atoms with E-state index >= 15 is 0 Å². The highest BCUT2D eigenvalue weighted by atomic mass is 35.5. The molecule has 1 aliphatic heterocycles. The molecule has 0 saturated heterocycles. The first-order chi connectivity index (χ1) is 9.60. The molecule has 0 saturated carbocycles. The molecular weight excluding hydrogens is 300 g/mol. The van der Waals surface area contributed by atoms with Crippen molar-refractivity contribution in [2.75, 3.05) is 7.05 Å². The van der Waals surface area contributed by atoms with Crippen molar-refractivity contribution in [3.63, 3.8) is 0 Å². The Balaban J connectivity index is 2.21. The Morgan fingerprint density at radius 1 is 1.25 bits per heavy atom.